The summed E-state index contributed by atoms with van der Waals surface area (Å²) in [4.78, 5) is 0. The molecule has 0 radical (unpaired) electrons. The Morgan fingerprint density at radius 1 is 1.32 bits per heavy atom. The topological polar surface area (TPSA) is 61.4 Å². The molecular formula is C13H29N3O2S. The summed E-state index contributed by atoms with van der Waals surface area (Å²) in [6.07, 6.45) is 2.06. The highest BCUT2D eigenvalue weighted by Crippen LogP contribution is 2.18. The third kappa shape index (κ3) is 5.38. The lowest BCUT2D eigenvalue weighted by Crippen LogP contribution is -2.48. The predicted octanol–water partition coefficient (Wildman–Crippen LogP) is 1.04. The van der Waals surface area contributed by atoms with Crippen molar-refractivity contribution < 1.29 is 8.42 Å². The fourth-order valence-electron chi connectivity index (χ4n) is 2.26. The van der Waals surface area contributed by atoms with Gasteiger partial charge in [0.15, 0.2) is 0 Å². The average molecular weight is 291 g/mol. The molecule has 5 nitrogen and oxygen atoms in total. The Kier molecular flexibility index (Phi) is 6.73. The lowest BCUT2D eigenvalue weighted by Gasteiger charge is -2.32. The molecule has 114 valence electrons. The molecule has 0 bridgehead atoms. The van der Waals surface area contributed by atoms with Crippen molar-refractivity contribution in [3.63, 3.8) is 0 Å². The first-order valence-corrected chi connectivity index (χ1v) is 8.70. The van der Waals surface area contributed by atoms with E-state index in [0.29, 0.717) is 37.4 Å². The number of hydrogen-bond donors (Lipinski definition) is 2. The van der Waals surface area contributed by atoms with E-state index in [9.17, 15) is 8.42 Å². The van der Waals surface area contributed by atoms with Crippen molar-refractivity contribution in [1.82, 2.24) is 14.3 Å². The summed E-state index contributed by atoms with van der Waals surface area (Å²) in [5, 5.41) is 3.13. The molecule has 0 aromatic carbocycles. The van der Waals surface area contributed by atoms with Gasteiger partial charge in [0, 0.05) is 19.6 Å². The SMILES string of the molecule is CNCC1CCCN(S(=O)(=O)NCC(C)C(C)C)C1. The van der Waals surface area contributed by atoms with Gasteiger partial charge in [0.2, 0.25) is 0 Å². The van der Waals surface area contributed by atoms with Gasteiger partial charge >= 0.3 is 0 Å². The first kappa shape index (κ1) is 16.9. The third-order valence-corrected chi connectivity index (χ3v) is 5.58. The standard InChI is InChI=1S/C13H29N3O2S/c1-11(2)12(3)8-15-19(17,18)16-7-5-6-13(10-16)9-14-4/h11-15H,5-10H2,1-4H3. The molecule has 19 heavy (non-hydrogen) atoms. The molecule has 6 heteroatoms. The maximum Gasteiger partial charge on any atom is 0.279 e. The quantitative estimate of drug-likeness (QED) is 0.737. The molecule has 1 aliphatic rings. The molecule has 2 unspecified atom stereocenters. The van der Waals surface area contributed by atoms with Crippen LogP contribution in [-0.2, 0) is 10.2 Å². The summed E-state index contributed by atoms with van der Waals surface area (Å²) in [6, 6.07) is 0. The van der Waals surface area contributed by atoms with Gasteiger partial charge < -0.3 is 5.32 Å². The summed E-state index contributed by atoms with van der Waals surface area (Å²) in [5.74, 6) is 1.27. The maximum absolute atomic E-state index is 12.3. The van der Waals surface area contributed by atoms with Crippen molar-refractivity contribution in [3.05, 3.63) is 0 Å². The largest absolute Gasteiger partial charge is 0.319 e. The van der Waals surface area contributed by atoms with E-state index in [1.807, 2.05) is 7.05 Å². The second kappa shape index (κ2) is 7.57. The van der Waals surface area contributed by atoms with Crippen LogP contribution in [0.3, 0.4) is 0 Å². The summed E-state index contributed by atoms with van der Waals surface area (Å²) >= 11 is 0. The zero-order valence-electron chi connectivity index (χ0n) is 12.6. The summed E-state index contributed by atoms with van der Waals surface area (Å²) in [6.45, 7) is 8.98. The van der Waals surface area contributed by atoms with E-state index in [1.165, 1.54) is 0 Å². The normalized spacial score (nSPS) is 23.7. The average Bonchev–Trinajstić information content (AvgIpc) is 2.36. The lowest BCUT2D eigenvalue weighted by atomic mass is 9.99. The first-order chi connectivity index (χ1) is 8.86. The Hall–Kier alpha value is -0.170. The Balaban J connectivity index is 2.52. The summed E-state index contributed by atoms with van der Waals surface area (Å²) in [5.41, 5.74) is 0. The van der Waals surface area contributed by atoms with E-state index >= 15 is 0 Å². The van der Waals surface area contributed by atoms with Crippen molar-refractivity contribution in [3.8, 4) is 0 Å². The van der Waals surface area contributed by atoms with E-state index < -0.39 is 10.2 Å². The number of nitrogens with one attached hydrogen (secondary N) is 2. The van der Waals surface area contributed by atoms with Crippen molar-refractivity contribution in [2.75, 3.05) is 33.2 Å². The Labute approximate surface area is 118 Å². The van der Waals surface area contributed by atoms with Crippen LogP contribution in [0.4, 0.5) is 0 Å². The molecule has 0 aliphatic carbocycles. The summed E-state index contributed by atoms with van der Waals surface area (Å²) in [7, 11) is -1.39. The van der Waals surface area contributed by atoms with Crippen LogP contribution in [0.1, 0.15) is 33.6 Å². The molecule has 0 aromatic heterocycles. The van der Waals surface area contributed by atoms with E-state index in [2.05, 4.69) is 30.8 Å². The van der Waals surface area contributed by atoms with Crippen molar-refractivity contribution >= 4 is 10.2 Å². The van der Waals surface area contributed by atoms with Gasteiger partial charge in [-0.25, -0.2) is 4.72 Å². The van der Waals surface area contributed by atoms with Crippen LogP contribution < -0.4 is 10.0 Å². The van der Waals surface area contributed by atoms with Gasteiger partial charge in [0.05, 0.1) is 0 Å². The molecule has 0 saturated carbocycles. The van der Waals surface area contributed by atoms with Crippen LogP contribution in [0.15, 0.2) is 0 Å². The third-order valence-electron chi connectivity index (χ3n) is 4.04. The predicted molar refractivity (Wildman–Crippen MR) is 79.1 cm³/mol. The molecule has 2 atom stereocenters. The van der Waals surface area contributed by atoms with Crippen LogP contribution in [-0.4, -0.2) is 45.9 Å². The van der Waals surface area contributed by atoms with Gasteiger partial charge in [-0.3, -0.25) is 0 Å². The highest BCUT2D eigenvalue weighted by Gasteiger charge is 2.28. The fourth-order valence-corrected chi connectivity index (χ4v) is 3.70. The highest BCUT2D eigenvalue weighted by molar-refractivity contribution is 7.87. The molecule has 2 N–H and O–H groups in total. The van der Waals surface area contributed by atoms with E-state index in [1.54, 1.807) is 4.31 Å². The van der Waals surface area contributed by atoms with Crippen LogP contribution >= 0.6 is 0 Å². The van der Waals surface area contributed by atoms with Gasteiger partial charge in [-0.2, -0.15) is 12.7 Å². The Morgan fingerprint density at radius 2 is 2.00 bits per heavy atom. The number of hydrogen-bond acceptors (Lipinski definition) is 3. The molecule has 1 fully saturated rings. The fraction of sp³-hybridized carbons (Fsp3) is 1.00. The minimum Gasteiger partial charge on any atom is -0.319 e. The van der Waals surface area contributed by atoms with E-state index in [4.69, 9.17) is 0 Å². The molecule has 1 aliphatic heterocycles. The molecule has 1 rings (SSSR count). The molecule has 0 aromatic rings. The lowest BCUT2D eigenvalue weighted by molar-refractivity contribution is 0.259. The molecule has 0 spiro atoms. The van der Waals surface area contributed by atoms with Crippen LogP contribution in [0.2, 0.25) is 0 Å². The molecule has 0 amide bonds. The van der Waals surface area contributed by atoms with Gasteiger partial charge in [-0.15, -0.1) is 0 Å². The zero-order valence-corrected chi connectivity index (χ0v) is 13.5. The molecule has 1 heterocycles. The van der Waals surface area contributed by atoms with Crippen LogP contribution in [0, 0.1) is 17.8 Å². The van der Waals surface area contributed by atoms with Gasteiger partial charge in [0.1, 0.15) is 0 Å². The number of nitrogens with zero attached hydrogens (tertiary/aromatic N) is 1. The minimum absolute atomic E-state index is 0.354. The zero-order chi connectivity index (χ0) is 14.5. The van der Waals surface area contributed by atoms with Crippen molar-refractivity contribution in [2.24, 2.45) is 17.8 Å². The number of piperidine rings is 1. The van der Waals surface area contributed by atoms with Gasteiger partial charge in [-0.05, 0) is 44.2 Å². The molecule has 1 saturated heterocycles. The minimum atomic E-state index is -3.31. The second-order valence-electron chi connectivity index (χ2n) is 6.00. The van der Waals surface area contributed by atoms with Crippen LogP contribution in [0.25, 0.3) is 0 Å². The highest BCUT2D eigenvalue weighted by atomic mass is 32.2. The summed E-state index contributed by atoms with van der Waals surface area (Å²) < 4.78 is 28.9. The van der Waals surface area contributed by atoms with Crippen LogP contribution in [0.5, 0.6) is 0 Å². The molecular weight excluding hydrogens is 262 g/mol. The Bertz CT molecular complexity index is 355. The monoisotopic (exact) mass is 291 g/mol. The maximum atomic E-state index is 12.3. The van der Waals surface area contributed by atoms with E-state index in [0.717, 1.165) is 19.4 Å². The van der Waals surface area contributed by atoms with Crippen molar-refractivity contribution in [2.45, 2.75) is 33.6 Å². The van der Waals surface area contributed by atoms with Crippen molar-refractivity contribution in [1.29, 1.82) is 0 Å². The Morgan fingerprint density at radius 3 is 2.58 bits per heavy atom. The van der Waals surface area contributed by atoms with Gasteiger partial charge in [0.25, 0.3) is 10.2 Å². The smallest absolute Gasteiger partial charge is 0.279 e. The number of rotatable bonds is 7. The second-order valence-corrected chi connectivity index (χ2v) is 7.75. The first-order valence-electron chi connectivity index (χ1n) is 7.26. The van der Waals surface area contributed by atoms with Gasteiger partial charge in [-0.1, -0.05) is 20.8 Å². The van der Waals surface area contributed by atoms with E-state index in [-0.39, 0.29) is 0 Å².